The Morgan fingerprint density at radius 2 is 2.03 bits per heavy atom. The van der Waals surface area contributed by atoms with E-state index in [1.807, 2.05) is 18.2 Å². The molecule has 7 nitrogen and oxygen atoms in total. The highest BCUT2D eigenvalue weighted by Crippen LogP contribution is 2.40. The second-order valence-corrected chi connectivity index (χ2v) is 9.80. The van der Waals surface area contributed by atoms with Crippen molar-refractivity contribution in [2.45, 2.75) is 49.1 Å². The summed E-state index contributed by atoms with van der Waals surface area (Å²) in [6.45, 7) is 0.694. The number of anilines is 1. The lowest BCUT2D eigenvalue weighted by Gasteiger charge is -2.22. The Bertz CT molecular complexity index is 1120. The molecule has 0 fully saturated rings. The fourth-order valence-electron chi connectivity index (χ4n) is 4.10. The molecule has 0 spiro atoms. The molecule has 9 heteroatoms. The monoisotopic (exact) mass is 439 g/mol. The third kappa shape index (κ3) is 3.52. The predicted octanol–water partition coefficient (Wildman–Crippen LogP) is 3.02. The normalized spacial score (nSPS) is 17.4. The van der Waals surface area contributed by atoms with E-state index in [-0.39, 0.29) is 11.2 Å². The summed E-state index contributed by atoms with van der Waals surface area (Å²) < 4.78 is 2.09. The number of primary amides is 1. The van der Waals surface area contributed by atoms with Crippen LogP contribution in [0.1, 0.15) is 45.0 Å². The Morgan fingerprint density at radius 3 is 2.83 bits per heavy atom. The van der Waals surface area contributed by atoms with Crippen molar-refractivity contribution in [2.75, 3.05) is 5.32 Å². The highest BCUT2D eigenvalue weighted by molar-refractivity contribution is 8.00. The van der Waals surface area contributed by atoms with Crippen molar-refractivity contribution in [1.82, 2.24) is 14.8 Å². The van der Waals surface area contributed by atoms with E-state index in [0.717, 1.165) is 35.8 Å². The Kier molecular flexibility index (Phi) is 5.08. The summed E-state index contributed by atoms with van der Waals surface area (Å²) in [5.74, 6) is 0.334. The number of aromatic nitrogens is 3. The first kappa shape index (κ1) is 19.3. The molecule has 1 atom stereocenters. The van der Waals surface area contributed by atoms with E-state index >= 15 is 0 Å². The first-order chi connectivity index (χ1) is 14.6. The van der Waals surface area contributed by atoms with E-state index in [0.29, 0.717) is 30.0 Å². The quantitative estimate of drug-likeness (QED) is 0.636. The van der Waals surface area contributed by atoms with Gasteiger partial charge in [-0.1, -0.05) is 42.1 Å². The topological polar surface area (TPSA) is 103 Å². The van der Waals surface area contributed by atoms with E-state index in [2.05, 4.69) is 32.2 Å². The van der Waals surface area contributed by atoms with Crippen molar-refractivity contribution < 1.29 is 9.59 Å². The van der Waals surface area contributed by atoms with Gasteiger partial charge >= 0.3 is 0 Å². The van der Waals surface area contributed by atoms with E-state index in [1.165, 1.54) is 33.5 Å². The van der Waals surface area contributed by atoms with Crippen LogP contribution in [0.5, 0.6) is 0 Å². The molecule has 1 aliphatic carbocycles. The van der Waals surface area contributed by atoms with Crippen molar-refractivity contribution in [1.29, 1.82) is 0 Å². The highest BCUT2D eigenvalue weighted by atomic mass is 32.2. The third-order valence-corrected chi connectivity index (χ3v) is 8.01. The van der Waals surface area contributed by atoms with Gasteiger partial charge < -0.3 is 15.6 Å². The summed E-state index contributed by atoms with van der Waals surface area (Å²) in [6, 6.07) is 10.2. The van der Waals surface area contributed by atoms with Gasteiger partial charge in [0.2, 0.25) is 5.91 Å². The second-order valence-electron chi connectivity index (χ2n) is 7.52. The zero-order chi connectivity index (χ0) is 20.7. The Morgan fingerprint density at radius 1 is 1.20 bits per heavy atom. The molecule has 0 radical (unpaired) electrons. The van der Waals surface area contributed by atoms with Crippen LogP contribution in [-0.4, -0.2) is 31.8 Å². The van der Waals surface area contributed by atoms with Crippen molar-refractivity contribution >= 4 is 39.9 Å². The number of fused-ring (bicyclic) bond motifs is 2. The van der Waals surface area contributed by atoms with Crippen LogP contribution >= 0.6 is 23.1 Å². The molecule has 30 heavy (non-hydrogen) atoms. The summed E-state index contributed by atoms with van der Waals surface area (Å²) in [4.78, 5) is 26.1. The molecule has 5 rings (SSSR count). The molecule has 1 aromatic carbocycles. The average molecular weight is 440 g/mol. The van der Waals surface area contributed by atoms with E-state index < -0.39 is 5.91 Å². The van der Waals surface area contributed by atoms with Crippen molar-refractivity contribution in [3.63, 3.8) is 0 Å². The molecule has 2 amide bonds. The van der Waals surface area contributed by atoms with Crippen molar-refractivity contribution in [3.8, 4) is 0 Å². The number of aryl methyl sites for hydroxylation is 1. The van der Waals surface area contributed by atoms with E-state index in [1.54, 1.807) is 0 Å². The maximum atomic E-state index is 12.9. The summed E-state index contributed by atoms with van der Waals surface area (Å²) in [6.07, 6.45) is 4.23. The number of hydrogen-bond acceptors (Lipinski definition) is 6. The predicted molar refractivity (Wildman–Crippen MR) is 117 cm³/mol. The van der Waals surface area contributed by atoms with Gasteiger partial charge in [0.15, 0.2) is 5.16 Å². The molecule has 1 aliphatic heterocycles. The standard InChI is InChI=1S/C21H21N5O2S2/c22-18(27)17-13-7-4-8-14(13)29-20(17)23-19(28)15-9-10-26-16(24-25-21(26)30-15)11-12-5-2-1-3-6-12/h1-3,5-6,15H,4,7-11H2,(H2,22,27)(H,23,28). The molecule has 3 heterocycles. The minimum Gasteiger partial charge on any atom is -0.365 e. The van der Waals surface area contributed by atoms with Crippen LogP contribution in [0.15, 0.2) is 35.5 Å². The number of nitrogens with two attached hydrogens (primary N) is 1. The second kappa shape index (κ2) is 7.88. The number of hydrogen-bond donors (Lipinski definition) is 2. The first-order valence-corrected chi connectivity index (χ1v) is 11.7. The lowest BCUT2D eigenvalue weighted by molar-refractivity contribution is -0.115. The maximum Gasteiger partial charge on any atom is 0.251 e. The van der Waals surface area contributed by atoms with E-state index in [4.69, 9.17) is 5.73 Å². The lowest BCUT2D eigenvalue weighted by Crippen LogP contribution is -2.30. The smallest absolute Gasteiger partial charge is 0.251 e. The number of rotatable bonds is 5. The zero-order valence-corrected chi connectivity index (χ0v) is 17.9. The minimum atomic E-state index is -0.466. The highest BCUT2D eigenvalue weighted by Gasteiger charge is 2.31. The molecule has 0 saturated carbocycles. The molecule has 3 aromatic rings. The Balaban J connectivity index is 1.30. The summed E-state index contributed by atoms with van der Waals surface area (Å²) in [7, 11) is 0. The average Bonchev–Trinajstić information content (AvgIpc) is 3.43. The Hall–Kier alpha value is -2.65. The lowest BCUT2D eigenvalue weighted by atomic mass is 10.1. The summed E-state index contributed by atoms with van der Waals surface area (Å²) in [5, 5.41) is 12.7. The number of thiophene rings is 1. The number of nitrogens with zero attached hydrogens (tertiary/aromatic N) is 3. The van der Waals surface area contributed by atoms with Gasteiger partial charge in [-0.3, -0.25) is 9.59 Å². The van der Waals surface area contributed by atoms with Gasteiger partial charge in [0.25, 0.3) is 5.91 Å². The number of carbonyl (C=O) groups is 2. The van der Waals surface area contributed by atoms with E-state index in [9.17, 15) is 9.59 Å². The SMILES string of the molecule is NC(=O)c1c(NC(=O)C2CCn3c(Cc4ccccc4)nnc3S2)sc2c1CCC2. The summed E-state index contributed by atoms with van der Waals surface area (Å²) >= 11 is 2.91. The number of benzene rings is 1. The first-order valence-electron chi connectivity index (χ1n) is 9.98. The summed E-state index contributed by atoms with van der Waals surface area (Å²) in [5.41, 5.74) is 8.30. The molecule has 2 aliphatic rings. The number of amides is 2. The van der Waals surface area contributed by atoms with Crippen LogP contribution in [0.25, 0.3) is 0 Å². The van der Waals surface area contributed by atoms with Crippen LogP contribution in [0.2, 0.25) is 0 Å². The van der Waals surface area contributed by atoms with Gasteiger partial charge in [-0.05, 0) is 36.8 Å². The van der Waals surface area contributed by atoms with Crippen LogP contribution in [0, 0.1) is 0 Å². The van der Waals surface area contributed by atoms with Crippen molar-refractivity contribution in [3.05, 3.63) is 57.7 Å². The maximum absolute atomic E-state index is 12.9. The molecular weight excluding hydrogens is 418 g/mol. The third-order valence-electron chi connectivity index (χ3n) is 5.56. The Labute approximate surface area is 182 Å². The van der Waals surface area contributed by atoms with Gasteiger partial charge in [-0.2, -0.15) is 0 Å². The van der Waals surface area contributed by atoms with Crippen LogP contribution in [-0.2, 0) is 30.6 Å². The fourth-order valence-corrected chi connectivity index (χ4v) is 6.46. The number of nitrogens with one attached hydrogen (secondary N) is 1. The molecule has 154 valence electrons. The fraction of sp³-hybridized carbons (Fsp3) is 0.333. The number of carbonyl (C=O) groups excluding carboxylic acids is 2. The molecular formula is C21H21N5O2S2. The molecule has 3 N–H and O–H groups in total. The van der Waals surface area contributed by atoms with Crippen LogP contribution < -0.4 is 11.1 Å². The largest absolute Gasteiger partial charge is 0.365 e. The van der Waals surface area contributed by atoms with Crippen LogP contribution in [0.4, 0.5) is 5.00 Å². The van der Waals surface area contributed by atoms with Gasteiger partial charge in [-0.25, -0.2) is 0 Å². The van der Waals surface area contributed by atoms with Gasteiger partial charge in [0.05, 0.1) is 10.8 Å². The molecule has 1 unspecified atom stereocenters. The van der Waals surface area contributed by atoms with Gasteiger partial charge in [0.1, 0.15) is 10.8 Å². The zero-order valence-electron chi connectivity index (χ0n) is 16.3. The van der Waals surface area contributed by atoms with Crippen LogP contribution in [0.3, 0.4) is 0 Å². The number of thioether (sulfide) groups is 1. The van der Waals surface area contributed by atoms with Gasteiger partial charge in [0, 0.05) is 17.8 Å². The molecule has 2 aromatic heterocycles. The molecule has 0 bridgehead atoms. The van der Waals surface area contributed by atoms with Crippen molar-refractivity contribution in [2.24, 2.45) is 5.73 Å². The molecule has 0 saturated heterocycles. The minimum absolute atomic E-state index is 0.110. The van der Waals surface area contributed by atoms with Gasteiger partial charge in [-0.15, -0.1) is 21.5 Å².